The molecule has 3 heteroatoms. The molecule has 148 valence electrons. The van der Waals surface area contributed by atoms with Gasteiger partial charge in [-0.1, -0.05) is 66.7 Å². The molecule has 4 aromatic rings. The van der Waals surface area contributed by atoms with Gasteiger partial charge in [-0.3, -0.25) is 0 Å². The van der Waals surface area contributed by atoms with Gasteiger partial charge in [0.2, 0.25) is 0 Å². The number of ether oxygens (including phenoxy) is 1. The maximum absolute atomic E-state index is 12.6. The van der Waals surface area contributed by atoms with Crippen molar-refractivity contribution < 1.29 is 9.53 Å². The van der Waals surface area contributed by atoms with Crippen LogP contribution < -0.4 is 0 Å². The molecule has 0 aliphatic rings. The van der Waals surface area contributed by atoms with Gasteiger partial charge in [0.05, 0.1) is 16.5 Å². The van der Waals surface area contributed by atoms with Gasteiger partial charge in [-0.25, -0.2) is 4.79 Å². The van der Waals surface area contributed by atoms with Crippen LogP contribution in [0.4, 0.5) is 0 Å². The Kier molecular flexibility index (Phi) is 6.31. The molecular formula is C27H23O2S+. The van der Waals surface area contributed by atoms with Crippen molar-refractivity contribution in [3.8, 4) is 0 Å². The second kappa shape index (κ2) is 9.47. The molecule has 30 heavy (non-hydrogen) atoms. The minimum Gasteiger partial charge on any atom is -0.454 e. The van der Waals surface area contributed by atoms with Gasteiger partial charge < -0.3 is 4.74 Å². The van der Waals surface area contributed by atoms with E-state index < -0.39 is 0 Å². The zero-order valence-corrected chi connectivity index (χ0v) is 17.6. The molecule has 1 atom stereocenters. The van der Waals surface area contributed by atoms with Crippen molar-refractivity contribution in [3.05, 3.63) is 126 Å². The fraction of sp³-hybridized carbons (Fsp3) is 0.0741. The largest absolute Gasteiger partial charge is 0.454 e. The summed E-state index contributed by atoms with van der Waals surface area (Å²) in [6, 6.07) is 38.5. The fourth-order valence-corrected chi connectivity index (χ4v) is 5.35. The van der Waals surface area contributed by atoms with Crippen molar-refractivity contribution in [1.82, 2.24) is 0 Å². The first-order valence-electron chi connectivity index (χ1n) is 9.93. The maximum atomic E-state index is 12.6. The van der Waals surface area contributed by atoms with Crippen LogP contribution in [0.25, 0.3) is 0 Å². The highest BCUT2D eigenvalue weighted by atomic mass is 32.2. The van der Waals surface area contributed by atoms with Crippen molar-refractivity contribution in [2.75, 3.05) is 0 Å². The molecule has 4 rings (SSSR count). The van der Waals surface area contributed by atoms with Gasteiger partial charge in [0.15, 0.2) is 14.7 Å². The third-order valence-electron chi connectivity index (χ3n) is 4.84. The van der Waals surface area contributed by atoms with Gasteiger partial charge >= 0.3 is 5.97 Å². The smallest absolute Gasteiger partial charge is 0.338 e. The maximum Gasteiger partial charge on any atom is 0.338 e. The van der Waals surface area contributed by atoms with Crippen LogP contribution in [-0.2, 0) is 15.6 Å². The van der Waals surface area contributed by atoms with Gasteiger partial charge in [0.25, 0.3) is 0 Å². The number of benzene rings is 4. The summed E-state index contributed by atoms with van der Waals surface area (Å²) in [4.78, 5) is 16.3. The van der Waals surface area contributed by atoms with E-state index in [1.54, 1.807) is 0 Å². The van der Waals surface area contributed by atoms with Crippen LogP contribution in [0.1, 0.15) is 28.9 Å². The number of carbonyl (C=O) groups is 1. The first kappa shape index (κ1) is 20.0. The Morgan fingerprint density at radius 2 is 1.07 bits per heavy atom. The normalized spacial score (nSPS) is 11.8. The molecule has 2 nitrogen and oxygen atoms in total. The van der Waals surface area contributed by atoms with Crippen molar-refractivity contribution in [2.45, 2.75) is 27.7 Å². The van der Waals surface area contributed by atoms with Crippen LogP contribution in [0, 0.1) is 0 Å². The molecule has 0 radical (unpaired) electrons. The molecule has 1 unspecified atom stereocenters. The Morgan fingerprint density at radius 1 is 0.633 bits per heavy atom. The van der Waals surface area contributed by atoms with Crippen LogP contribution in [0.5, 0.6) is 0 Å². The molecule has 0 heterocycles. The van der Waals surface area contributed by atoms with E-state index in [1.165, 1.54) is 14.7 Å². The van der Waals surface area contributed by atoms with E-state index in [0.29, 0.717) is 5.56 Å². The van der Waals surface area contributed by atoms with Crippen LogP contribution >= 0.6 is 0 Å². The van der Waals surface area contributed by atoms with E-state index in [2.05, 4.69) is 48.5 Å². The highest BCUT2D eigenvalue weighted by Gasteiger charge is 2.28. The summed E-state index contributed by atoms with van der Waals surface area (Å²) in [6.07, 6.45) is -0.290. The van der Waals surface area contributed by atoms with Crippen molar-refractivity contribution in [3.63, 3.8) is 0 Å². The van der Waals surface area contributed by atoms with Crippen LogP contribution in [-0.4, -0.2) is 5.97 Å². The van der Waals surface area contributed by atoms with E-state index in [1.807, 2.05) is 73.7 Å². The lowest BCUT2D eigenvalue weighted by Crippen LogP contribution is -2.10. The number of carbonyl (C=O) groups excluding carboxylic acids is 1. The predicted molar refractivity (Wildman–Crippen MR) is 122 cm³/mol. The first-order valence-corrected chi connectivity index (χ1v) is 11.2. The Balaban J connectivity index is 1.57. The average Bonchev–Trinajstić information content (AvgIpc) is 2.81. The lowest BCUT2D eigenvalue weighted by molar-refractivity contribution is 0.0338. The lowest BCUT2D eigenvalue weighted by atomic mass is 10.1. The Hall–Kier alpha value is -3.30. The second-order valence-electron chi connectivity index (χ2n) is 6.91. The molecule has 0 bridgehead atoms. The third kappa shape index (κ3) is 4.64. The zero-order valence-electron chi connectivity index (χ0n) is 16.8. The van der Waals surface area contributed by atoms with Crippen molar-refractivity contribution in [2.24, 2.45) is 0 Å². The summed E-state index contributed by atoms with van der Waals surface area (Å²) in [7, 11) is -0.229. The highest BCUT2D eigenvalue weighted by molar-refractivity contribution is 7.97. The first-order chi connectivity index (χ1) is 14.7. The molecule has 0 saturated carbocycles. The molecular weight excluding hydrogens is 388 g/mol. The highest BCUT2D eigenvalue weighted by Crippen LogP contribution is 2.31. The zero-order chi connectivity index (χ0) is 20.8. The van der Waals surface area contributed by atoms with Crippen molar-refractivity contribution in [1.29, 1.82) is 0 Å². The standard InChI is InChI=1S/C27H23O2S/c1-21(22-11-5-2-6-12-22)29-27(28)23-17-19-26(20-18-23)30(24-13-7-3-8-14-24)25-15-9-4-10-16-25/h2-21H,1H3/q+1. The number of esters is 1. The van der Waals surface area contributed by atoms with E-state index in [9.17, 15) is 4.79 Å². The number of hydrogen-bond donors (Lipinski definition) is 0. The van der Waals surface area contributed by atoms with E-state index >= 15 is 0 Å². The average molecular weight is 412 g/mol. The van der Waals surface area contributed by atoms with Crippen molar-refractivity contribution >= 4 is 16.9 Å². The summed E-state index contributed by atoms with van der Waals surface area (Å²) in [5.41, 5.74) is 1.54. The topological polar surface area (TPSA) is 26.3 Å². The Labute approximate surface area is 180 Å². The SMILES string of the molecule is CC(OC(=O)c1ccc([S+](c2ccccc2)c2ccccc2)cc1)c1ccccc1. The van der Waals surface area contributed by atoms with Gasteiger partial charge in [-0.15, -0.1) is 0 Å². The molecule has 0 spiro atoms. The van der Waals surface area contributed by atoms with Gasteiger partial charge in [0, 0.05) is 0 Å². The minimum absolute atomic E-state index is 0.229. The van der Waals surface area contributed by atoms with Gasteiger partial charge in [0.1, 0.15) is 6.10 Å². The molecule has 0 saturated heterocycles. The summed E-state index contributed by atoms with van der Waals surface area (Å²) < 4.78 is 5.66. The monoisotopic (exact) mass is 411 g/mol. The predicted octanol–water partition coefficient (Wildman–Crippen LogP) is 6.70. The fourth-order valence-electron chi connectivity index (χ4n) is 3.27. The van der Waals surface area contributed by atoms with Crippen LogP contribution in [0.2, 0.25) is 0 Å². The number of hydrogen-bond acceptors (Lipinski definition) is 2. The van der Waals surface area contributed by atoms with E-state index in [0.717, 1.165) is 5.56 Å². The molecule has 0 aliphatic carbocycles. The molecule has 0 fully saturated rings. The van der Waals surface area contributed by atoms with Crippen LogP contribution in [0.15, 0.2) is 130 Å². The molecule has 0 aliphatic heterocycles. The summed E-state index contributed by atoms with van der Waals surface area (Å²) >= 11 is 0. The Bertz CT molecular complexity index is 1040. The molecule has 0 aromatic heterocycles. The lowest BCUT2D eigenvalue weighted by Gasteiger charge is -2.14. The Morgan fingerprint density at radius 3 is 1.57 bits per heavy atom. The van der Waals surface area contributed by atoms with Crippen LogP contribution in [0.3, 0.4) is 0 Å². The molecule has 0 N–H and O–H groups in total. The summed E-state index contributed by atoms with van der Waals surface area (Å²) in [5, 5.41) is 0. The minimum atomic E-state index is -0.308. The quantitative estimate of drug-likeness (QED) is 0.261. The summed E-state index contributed by atoms with van der Waals surface area (Å²) in [5.74, 6) is -0.308. The van der Waals surface area contributed by atoms with E-state index in [4.69, 9.17) is 4.74 Å². The summed E-state index contributed by atoms with van der Waals surface area (Å²) in [6.45, 7) is 1.89. The number of rotatable bonds is 6. The molecule has 4 aromatic carbocycles. The van der Waals surface area contributed by atoms with Gasteiger partial charge in [-0.2, -0.15) is 0 Å². The van der Waals surface area contributed by atoms with E-state index in [-0.39, 0.29) is 23.0 Å². The third-order valence-corrected chi connectivity index (χ3v) is 7.07. The second-order valence-corrected chi connectivity index (χ2v) is 8.94. The molecule has 0 amide bonds. The van der Waals surface area contributed by atoms with Gasteiger partial charge in [-0.05, 0) is 61.0 Å².